The quantitative estimate of drug-likeness (QED) is 0.694. The molecular weight excluding hydrogens is 244 g/mol. The minimum atomic E-state index is -0.747. The van der Waals surface area contributed by atoms with E-state index < -0.39 is 5.97 Å². The maximum atomic E-state index is 11.8. The average Bonchev–Trinajstić information content (AvgIpc) is 2.36. The van der Waals surface area contributed by atoms with Gasteiger partial charge in [-0.3, -0.25) is 4.79 Å². The summed E-state index contributed by atoms with van der Waals surface area (Å²) < 4.78 is 0. The predicted octanol–water partition coefficient (Wildman–Crippen LogP) is 2.51. The van der Waals surface area contributed by atoms with Gasteiger partial charge in [0.2, 0.25) is 0 Å². The van der Waals surface area contributed by atoms with Gasteiger partial charge in [0.1, 0.15) is 0 Å². The Morgan fingerprint density at radius 3 is 2.74 bits per heavy atom. The summed E-state index contributed by atoms with van der Waals surface area (Å²) in [5.41, 5.74) is 0. The number of rotatable bonds is 6. The minimum absolute atomic E-state index is 0.00627. The molecular formula is C14H26N2O3. The van der Waals surface area contributed by atoms with Crippen LogP contribution in [0.3, 0.4) is 0 Å². The third-order valence-corrected chi connectivity index (χ3v) is 3.73. The van der Waals surface area contributed by atoms with Crippen LogP contribution in [0.15, 0.2) is 0 Å². The van der Waals surface area contributed by atoms with E-state index in [4.69, 9.17) is 5.11 Å². The first-order chi connectivity index (χ1) is 9.02. The highest BCUT2D eigenvalue weighted by atomic mass is 16.4. The second kappa shape index (κ2) is 8.02. The van der Waals surface area contributed by atoms with Crippen LogP contribution < -0.4 is 10.6 Å². The summed E-state index contributed by atoms with van der Waals surface area (Å²) in [6.07, 6.45) is 6.22. The Kier molecular flexibility index (Phi) is 6.67. The molecule has 1 saturated carbocycles. The van der Waals surface area contributed by atoms with Crippen molar-refractivity contribution in [1.82, 2.24) is 10.6 Å². The molecule has 3 N–H and O–H groups in total. The topological polar surface area (TPSA) is 78.4 Å². The molecule has 0 saturated heterocycles. The molecule has 19 heavy (non-hydrogen) atoms. The van der Waals surface area contributed by atoms with E-state index in [9.17, 15) is 9.59 Å². The largest absolute Gasteiger partial charge is 0.481 e. The van der Waals surface area contributed by atoms with Gasteiger partial charge >= 0.3 is 12.0 Å². The van der Waals surface area contributed by atoms with Gasteiger partial charge in [-0.05, 0) is 32.6 Å². The highest BCUT2D eigenvalue weighted by Gasteiger charge is 2.27. The number of hydrogen-bond donors (Lipinski definition) is 3. The van der Waals surface area contributed by atoms with Crippen LogP contribution in [0.4, 0.5) is 4.79 Å². The Balaban J connectivity index is 2.29. The number of carbonyl (C=O) groups is 2. The van der Waals surface area contributed by atoms with Crippen LogP contribution in [0.5, 0.6) is 0 Å². The number of unbranched alkanes of at least 4 members (excludes halogenated alkanes) is 1. The van der Waals surface area contributed by atoms with Crippen molar-refractivity contribution in [3.05, 3.63) is 0 Å². The molecule has 0 spiro atoms. The maximum Gasteiger partial charge on any atom is 0.315 e. The summed E-state index contributed by atoms with van der Waals surface area (Å²) in [5, 5.41) is 14.8. The number of aliphatic carboxylic acids is 1. The van der Waals surface area contributed by atoms with Crippen molar-refractivity contribution in [2.75, 3.05) is 0 Å². The van der Waals surface area contributed by atoms with Crippen LogP contribution in [0, 0.1) is 5.92 Å². The summed E-state index contributed by atoms with van der Waals surface area (Å²) in [5.74, 6) is -1.06. The van der Waals surface area contributed by atoms with Crippen LogP contribution in [0.1, 0.15) is 58.8 Å². The van der Waals surface area contributed by atoms with Crippen LogP contribution in [-0.2, 0) is 4.79 Å². The Bertz CT molecular complexity index is 307. The maximum absolute atomic E-state index is 11.8. The van der Waals surface area contributed by atoms with E-state index in [1.807, 2.05) is 6.92 Å². The van der Waals surface area contributed by atoms with Crippen molar-refractivity contribution < 1.29 is 14.7 Å². The summed E-state index contributed by atoms with van der Waals surface area (Å²) >= 11 is 0. The molecule has 1 fully saturated rings. The number of hydrogen-bond acceptors (Lipinski definition) is 2. The fourth-order valence-corrected chi connectivity index (χ4v) is 2.58. The zero-order valence-electron chi connectivity index (χ0n) is 11.9. The van der Waals surface area contributed by atoms with E-state index in [1.165, 1.54) is 0 Å². The van der Waals surface area contributed by atoms with Crippen LogP contribution in [0.2, 0.25) is 0 Å². The number of amides is 2. The number of urea groups is 1. The van der Waals surface area contributed by atoms with Gasteiger partial charge < -0.3 is 15.7 Å². The molecule has 2 amide bonds. The van der Waals surface area contributed by atoms with E-state index in [0.29, 0.717) is 6.42 Å². The minimum Gasteiger partial charge on any atom is -0.481 e. The van der Waals surface area contributed by atoms with Crippen molar-refractivity contribution >= 4 is 12.0 Å². The van der Waals surface area contributed by atoms with Crippen molar-refractivity contribution in [3.63, 3.8) is 0 Å². The van der Waals surface area contributed by atoms with E-state index in [-0.39, 0.29) is 24.0 Å². The Morgan fingerprint density at radius 1 is 1.37 bits per heavy atom. The molecule has 0 aromatic heterocycles. The lowest BCUT2D eigenvalue weighted by atomic mass is 9.86. The number of nitrogens with one attached hydrogen (secondary N) is 2. The fraction of sp³-hybridized carbons (Fsp3) is 0.857. The number of carbonyl (C=O) groups excluding carboxylic acids is 1. The normalized spacial score (nSPS) is 24.5. The molecule has 0 radical (unpaired) electrons. The van der Waals surface area contributed by atoms with E-state index >= 15 is 0 Å². The summed E-state index contributed by atoms with van der Waals surface area (Å²) in [4.78, 5) is 22.7. The third-order valence-electron chi connectivity index (χ3n) is 3.73. The highest BCUT2D eigenvalue weighted by Crippen LogP contribution is 2.24. The summed E-state index contributed by atoms with van der Waals surface area (Å²) in [6.45, 7) is 4.12. The average molecular weight is 270 g/mol. The molecule has 0 aromatic carbocycles. The van der Waals surface area contributed by atoms with Gasteiger partial charge in [0.05, 0.1) is 5.92 Å². The first-order valence-corrected chi connectivity index (χ1v) is 7.32. The molecule has 110 valence electrons. The molecule has 5 nitrogen and oxygen atoms in total. The van der Waals surface area contributed by atoms with Gasteiger partial charge in [0.25, 0.3) is 0 Å². The first-order valence-electron chi connectivity index (χ1n) is 7.32. The summed E-state index contributed by atoms with van der Waals surface area (Å²) in [6, 6.07) is -0.00771. The van der Waals surface area contributed by atoms with Crippen molar-refractivity contribution in [1.29, 1.82) is 0 Å². The Labute approximate surface area is 115 Å². The second-order valence-electron chi connectivity index (χ2n) is 5.56. The van der Waals surface area contributed by atoms with Gasteiger partial charge in [-0.25, -0.2) is 4.79 Å². The van der Waals surface area contributed by atoms with Crippen LogP contribution in [0.25, 0.3) is 0 Å². The van der Waals surface area contributed by atoms with E-state index in [1.54, 1.807) is 0 Å². The Morgan fingerprint density at radius 2 is 2.11 bits per heavy atom. The molecule has 1 aliphatic rings. The molecule has 0 bridgehead atoms. The van der Waals surface area contributed by atoms with Gasteiger partial charge in [0.15, 0.2) is 0 Å². The van der Waals surface area contributed by atoms with E-state index in [2.05, 4.69) is 17.6 Å². The standard InChI is InChI=1S/C14H26N2O3/c1-3-4-6-10(2)15-14(19)16-12-8-5-7-11(9-12)13(17)18/h10-12H,3-9H2,1-2H3,(H,17,18)(H2,15,16,19). The van der Waals surface area contributed by atoms with Gasteiger partial charge in [0, 0.05) is 12.1 Å². The molecule has 0 aromatic rings. The fourth-order valence-electron chi connectivity index (χ4n) is 2.58. The second-order valence-corrected chi connectivity index (χ2v) is 5.56. The van der Waals surface area contributed by atoms with Gasteiger partial charge in [-0.15, -0.1) is 0 Å². The van der Waals surface area contributed by atoms with Crippen molar-refractivity contribution in [2.45, 2.75) is 70.9 Å². The van der Waals surface area contributed by atoms with Crippen molar-refractivity contribution in [3.8, 4) is 0 Å². The molecule has 5 heteroatoms. The van der Waals surface area contributed by atoms with E-state index in [0.717, 1.165) is 38.5 Å². The van der Waals surface area contributed by atoms with Crippen LogP contribution >= 0.6 is 0 Å². The number of carboxylic acid groups (broad SMARTS) is 1. The van der Waals surface area contributed by atoms with Crippen molar-refractivity contribution in [2.24, 2.45) is 5.92 Å². The zero-order chi connectivity index (χ0) is 14.3. The zero-order valence-corrected chi connectivity index (χ0v) is 11.9. The van der Waals surface area contributed by atoms with Gasteiger partial charge in [-0.1, -0.05) is 26.2 Å². The molecule has 0 heterocycles. The predicted molar refractivity (Wildman–Crippen MR) is 74.0 cm³/mol. The first kappa shape index (κ1) is 15.8. The summed E-state index contributed by atoms with van der Waals surface area (Å²) in [7, 11) is 0. The number of carboxylic acids is 1. The molecule has 1 rings (SSSR count). The highest BCUT2D eigenvalue weighted by molar-refractivity contribution is 5.75. The lowest BCUT2D eigenvalue weighted by molar-refractivity contribution is -0.143. The lowest BCUT2D eigenvalue weighted by Crippen LogP contribution is -2.47. The molecule has 3 atom stereocenters. The molecule has 3 unspecified atom stereocenters. The van der Waals surface area contributed by atoms with Crippen LogP contribution in [-0.4, -0.2) is 29.2 Å². The molecule has 1 aliphatic carbocycles. The van der Waals surface area contributed by atoms with Gasteiger partial charge in [-0.2, -0.15) is 0 Å². The lowest BCUT2D eigenvalue weighted by Gasteiger charge is -2.28. The third kappa shape index (κ3) is 5.94. The molecule has 0 aliphatic heterocycles. The Hall–Kier alpha value is -1.26. The SMILES string of the molecule is CCCCC(C)NC(=O)NC1CCCC(C(=O)O)C1. The monoisotopic (exact) mass is 270 g/mol. The smallest absolute Gasteiger partial charge is 0.315 e.